The lowest BCUT2D eigenvalue weighted by Gasteiger charge is -2.14. The van der Waals surface area contributed by atoms with Crippen LogP contribution in [0.25, 0.3) is 0 Å². The van der Waals surface area contributed by atoms with E-state index in [1.807, 2.05) is 13.8 Å². The van der Waals surface area contributed by atoms with Crippen LogP contribution >= 0.6 is 0 Å². The Hall–Kier alpha value is -1.89. The average molecular weight is 246 g/mol. The lowest BCUT2D eigenvalue weighted by molar-refractivity contribution is 0.111. The summed E-state index contributed by atoms with van der Waals surface area (Å²) < 4.78 is 5.49. The SMILES string of the molecule is CC(C)(C#N)CCCCOc1ccc(C=O)nc1. The van der Waals surface area contributed by atoms with Gasteiger partial charge in [0.05, 0.1) is 24.3 Å². The van der Waals surface area contributed by atoms with E-state index in [2.05, 4.69) is 11.1 Å². The molecule has 0 bridgehead atoms. The topological polar surface area (TPSA) is 63.0 Å². The number of aromatic nitrogens is 1. The standard InChI is InChI=1S/C14H18N2O2/c1-14(2,11-15)7-3-4-8-18-13-6-5-12(10-17)16-9-13/h5-6,9-10H,3-4,7-8H2,1-2H3. The fraction of sp³-hybridized carbons (Fsp3) is 0.500. The van der Waals surface area contributed by atoms with Crippen molar-refractivity contribution in [2.45, 2.75) is 33.1 Å². The second-order valence-corrected chi connectivity index (χ2v) is 4.84. The van der Waals surface area contributed by atoms with Gasteiger partial charge in [-0.15, -0.1) is 0 Å². The van der Waals surface area contributed by atoms with Crippen molar-refractivity contribution in [1.82, 2.24) is 4.98 Å². The van der Waals surface area contributed by atoms with Crippen LogP contribution < -0.4 is 4.74 Å². The Morgan fingerprint density at radius 1 is 1.44 bits per heavy atom. The number of hydrogen-bond donors (Lipinski definition) is 0. The third kappa shape index (κ3) is 4.96. The number of unbranched alkanes of at least 4 members (excludes halogenated alkanes) is 1. The summed E-state index contributed by atoms with van der Waals surface area (Å²) in [6.07, 6.45) is 4.98. The van der Waals surface area contributed by atoms with Gasteiger partial charge in [0.1, 0.15) is 11.4 Å². The second-order valence-electron chi connectivity index (χ2n) is 4.84. The quantitative estimate of drug-likeness (QED) is 0.548. The normalized spacial score (nSPS) is 10.7. The number of carbonyl (C=O) groups is 1. The zero-order valence-electron chi connectivity index (χ0n) is 10.8. The van der Waals surface area contributed by atoms with Crippen molar-refractivity contribution in [3.05, 3.63) is 24.0 Å². The molecule has 1 aromatic rings. The summed E-state index contributed by atoms with van der Waals surface area (Å²) in [5.41, 5.74) is 0.144. The first-order chi connectivity index (χ1) is 8.57. The third-order valence-electron chi connectivity index (χ3n) is 2.65. The first-order valence-electron chi connectivity index (χ1n) is 6.03. The molecule has 96 valence electrons. The van der Waals surface area contributed by atoms with E-state index in [0.717, 1.165) is 19.3 Å². The number of pyridine rings is 1. The third-order valence-corrected chi connectivity index (χ3v) is 2.65. The highest BCUT2D eigenvalue weighted by atomic mass is 16.5. The van der Waals surface area contributed by atoms with Gasteiger partial charge in [-0.2, -0.15) is 5.26 Å². The number of hydrogen-bond acceptors (Lipinski definition) is 4. The van der Waals surface area contributed by atoms with E-state index < -0.39 is 0 Å². The molecule has 0 aromatic carbocycles. The highest BCUT2D eigenvalue weighted by molar-refractivity contribution is 5.71. The molecule has 1 aromatic heterocycles. The second kappa shape index (κ2) is 6.75. The van der Waals surface area contributed by atoms with E-state index in [4.69, 9.17) is 10.00 Å². The molecule has 0 spiro atoms. The molecule has 0 unspecified atom stereocenters. The summed E-state index contributed by atoms with van der Waals surface area (Å²) in [4.78, 5) is 14.3. The molecule has 0 aliphatic carbocycles. The maximum absolute atomic E-state index is 10.4. The number of carbonyl (C=O) groups excluding carboxylic acids is 1. The predicted molar refractivity (Wildman–Crippen MR) is 68.4 cm³/mol. The van der Waals surface area contributed by atoms with E-state index in [-0.39, 0.29) is 5.41 Å². The zero-order valence-corrected chi connectivity index (χ0v) is 10.8. The smallest absolute Gasteiger partial charge is 0.168 e. The molecule has 0 saturated carbocycles. The molecule has 0 saturated heterocycles. The van der Waals surface area contributed by atoms with Crippen LogP contribution in [-0.4, -0.2) is 17.9 Å². The van der Waals surface area contributed by atoms with E-state index in [1.165, 1.54) is 0 Å². The van der Waals surface area contributed by atoms with Crippen LogP contribution in [0.4, 0.5) is 0 Å². The van der Waals surface area contributed by atoms with Crippen LogP contribution in [0.2, 0.25) is 0 Å². The maximum atomic E-state index is 10.4. The number of nitriles is 1. The van der Waals surface area contributed by atoms with E-state index >= 15 is 0 Å². The summed E-state index contributed by atoms with van der Waals surface area (Å²) in [5, 5.41) is 8.86. The number of aldehydes is 1. The van der Waals surface area contributed by atoms with Gasteiger partial charge in [0, 0.05) is 0 Å². The average Bonchev–Trinajstić information content (AvgIpc) is 2.39. The molecule has 0 radical (unpaired) electrons. The van der Waals surface area contributed by atoms with E-state index in [9.17, 15) is 4.79 Å². The molecule has 0 fully saturated rings. The maximum Gasteiger partial charge on any atom is 0.168 e. The van der Waals surface area contributed by atoms with Crippen LogP contribution in [0, 0.1) is 16.7 Å². The molecule has 18 heavy (non-hydrogen) atoms. The van der Waals surface area contributed by atoms with Crippen molar-refractivity contribution >= 4 is 6.29 Å². The summed E-state index contributed by atoms with van der Waals surface area (Å²) in [5.74, 6) is 0.667. The molecule has 0 aliphatic heterocycles. The van der Waals surface area contributed by atoms with Gasteiger partial charge in [-0.05, 0) is 45.2 Å². The van der Waals surface area contributed by atoms with E-state index in [1.54, 1.807) is 18.3 Å². The molecule has 0 amide bonds. The Morgan fingerprint density at radius 2 is 2.22 bits per heavy atom. The minimum Gasteiger partial charge on any atom is -0.492 e. The van der Waals surface area contributed by atoms with Crippen molar-refractivity contribution in [2.75, 3.05) is 6.61 Å². The molecular formula is C14H18N2O2. The van der Waals surface area contributed by atoms with Gasteiger partial charge in [0.15, 0.2) is 6.29 Å². The number of ether oxygens (including phenoxy) is 1. The summed E-state index contributed by atoms with van der Waals surface area (Å²) in [6.45, 7) is 4.48. The summed E-state index contributed by atoms with van der Waals surface area (Å²) >= 11 is 0. The van der Waals surface area contributed by atoms with Crippen molar-refractivity contribution in [3.8, 4) is 11.8 Å². The molecular weight excluding hydrogens is 228 g/mol. The predicted octanol–water partition coefficient (Wildman–Crippen LogP) is 2.99. The molecule has 4 heteroatoms. The number of nitrogens with zero attached hydrogens (tertiary/aromatic N) is 2. The van der Waals surface area contributed by atoms with Gasteiger partial charge in [0.2, 0.25) is 0 Å². The highest BCUT2D eigenvalue weighted by Gasteiger charge is 2.15. The molecule has 1 heterocycles. The Kier molecular flexibility index (Phi) is 5.31. The van der Waals surface area contributed by atoms with Crippen LogP contribution in [0.1, 0.15) is 43.6 Å². The Balaban J connectivity index is 2.22. The highest BCUT2D eigenvalue weighted by Crippen LogP contribution is 2.21. The Labute approximate surface area is 108 Å². The first-order valence-corrected chi connectivity index (χ1v) is 6.03. The Morgan fingerprint density at radius 3 is 2.78 bits per heavy atom. The van der Waals surface area contributed by atoms with Crippen LogP contribution in [0.3, 0.4) is 0 Å². The van der Waals surface area contributed by atoms with Crippen LogP contribution in [0.15, 0.2) is 18.3 Å². The van der Waals surface area contributed by atoms with Crippen molar-refractivity contribution in [1.29, 1.82) is 5.26 Å². The minimum absolute atomic E-state index is 0.257. The van der Waals surface area contributed by atoms with Crippen LogP contribution in [0.5, 0.6) is 5.75 Å². The molecule has 4 nitrogen and oxygen atoms in total. The van der Waals surface area contributed by atoms with Gasteiger partial charge in [-0.1, -0.05) is 0 Å². The van der Waals surface area contributed by atoms with Crippen LogP contribution in [-0.2, 0) is 0 Å². The van der Waals surface area contributed by atoms with Gasteiger partial charge in [-0.25, -0.2) is 4.98 Å². The fourth-order valence-electron chi connectivity index (χ4n) is 1.46. The van der Waals surface area contributed by atoms with Crippen molar-refractivity contribution < 1.29 is 9.53 Å². The Bertz CT molecular complexity index is 418. The van der Waals surface area contributed by atoms with Gasteiger partial charge in [-0.3, -0.25) is 4.79 Å². The van der Waals surface area contributed by atoms with Gasteiger partial charge >= 0.3 is 0 Å². The monoisotopic (exact) mass is 246 g/mol. The van der Waals surface area contributed by atoms with Gasteiger partial charge < -0.3 is 4.74 Å². The largest absolute Gasteiger partial charge is 0.492 e. The lowest BCUT2D eigenvalue weighted by Crippen LogP contribution is -2.08. The molecule has 0 atom stereocenters. The minimum atomic E-state index is -0.257. The fourth-order valence-corrected chi connectivity index (χ4v) is 1.46. The first kappa shape index (κ1) is 14.2. The van der Waals surface area contributed by atoms with Gasteiger partial charge in [0.25, 0.3) is 0 Å². The molecule has 1 rings (SSSR count). The van der Waals surface area contributed by atoms with Crippen molar-refractivity contribution in [3.63, 3.8) is 0 Å². The molecule has 0 aliphatic rings. The molecule has 0 N–H and O–H groups in total. The van der Waals surface area contributed by atoms with Crippen molar-refractivity contribution in [2.24, 2.45) is 5.41 Å². The zero-order chi connectivity index (χ0) is 13.4. The lowest BCUT2D eigenvalue weighted by atomic mass is 9.89. The summed E-state index contributed by atoms with van der Waals surface area (Å²) in [7, 11) is 0. The van der Waals surface area contributed by atoms with E-state index in [0.29, 0.717) is 24.3 Å². The summed E-state index contributed by atoms with van der Waals surface area (Å²) in [6, 6.07) is 5.64. The number of rotatable bonds is 7.